The predicted molar refractivity (Wildman–Crippen MR) is 68.9 cm³/mol. The molecule has 0 aromatic carbocycles. The molecule has 1 N–H and O–H groups in total. The number of rotatable bonds is 1. The van der Waals surface area contributed by atoms with E-state index in [0.717, 1.165) is 6.42 Å². The molecule has 6 heteroatoms. The lowest BCUT2D eigenvalue weighted by atomic mass is 9.97. The van der Waals surface area contributed by atoms with E-state index in [1.54, 1.807) is 11.9 Å². The van der Waals surface area contributed by atoms with Crippen molar-refractivity contribution < 1.29 is 19.4 Å². The summed E-state index contributed by atoms with van der Waals surface area (Å²) in [5, 5.41) is 9.27. The van der Waals surface area contributed by atoms with Gasteiger partial charge in [-0.15, -0.1) is 0 Å². The smallest absolute Gasteiger partial charge is 0.410 e. The van der Waals surface area contributed by atoms with Crippen LogP contribution in [0.5, 0.6) is 0 Å². The first kappa shape index (κ1) is 14.1. The molecule has 2 heterocycles. The van der Waals surface area contributed by atoms with Gasteiger partial charge in [0.25, 0.3) is 0 Å². The average molecular weight is 270 g/mol. The summed E-state index contributed by atoms with van der Waals surface area (Å²) < 4.78 is 5.38. The Morgan fingerprint density at radius 1 is 1.32 bits per heavy atom. The van der Waals surface area contributed by atoms with Gasteiger partial charge in [0.2, 0.25) is 0 Å². The molecule has 2 aliphatic rings. The van der Waals surface area contributed by atoms with Gasteiger partial charge in [-0.25, -0.2) is 4.79 Å². The van der Waals surface area contributed by atoms with Crippen molar-refractivity contribution in [3.63, 3.8) is 0 Å². The second-order valence-corrected chi connectivity index (χ2v) is 6.42. The molecule has 6 nitrogen and oxygen atoms in total. The number of carboxylic acids is 1. The van der Waals surface area contributed by atoms with Crippen LogP contribution in [0, 0.1) is 5.92 Å². The first-order valence-electron chi connectivity index (χ1n) is 6.63. The van der Waals surface area contributed by atoms with Crippen LogP contribution >= 0.6 is 0 Å². The summed E-state index contributed by atoms with van der Waals surface area (Å²) in [5.41, 5.74) is -0.522. The predicted octanol–water partition coefficient (Wildman–Crippen LogP) is 1.01. The zero-order chi connectivity index (χ0) is 14.4. The molecule has 2 rings (SSSR count). The van der Waals surface area contributed by atoms with Gasteiger partial charge in [-0.3, -0.25) is 9.69 Å². The van der Waals surface area contributed by atoms with Crippen LogP contribution in [0.4, 0.5) is 4.79 Å². The molecule has 0 aromatic rings. The molecule has 1 amide bonds. The molecular weight excluding hydrogens is 248 g/mol. The Balaban J connectivity index is 2.08. The van der Waals surface area contributed by atoms with Gasteiger partial charge in [0.15, 0.2) is 0 Å². The summed E-state index contributed by atoms with van der Waals surface area (Å²) in [6.45, 7) is 6.68. The van der Waals surface area contributed by atoms with Crippen LogP contribution in [0.2, 0.25) is 0 Å². The normalized spacial score (nSPS) is 31.4. The molecule has 0 saturated carbocycles. The van der Waals surface area contributed by atoms with E-state index in [4.69, 9.17) is 4.74 Å². The van der Waals surface area contributed by atoms with E-state index in [2.05, 4.69) is 0 Å². The van der Waals surface area contributed by atoms with Gasteiger partial charge in [0, 0.05) is 19.0 Å². The minimum absolute atomic E-state index is 0.00928. The van der Waals surface area contributed by atoms with Crippen LogP contribution in [0.3, 0.4) is 0 Å². The van der Waals surface area contributed by atoms with Crippen LogP contribution in [0.1, 0.15) is 27.2 Å². The summed E-state index contributed by atoms with van der Waals surface area (Å²) in [5.74, 6) is -0.795. The number of aliphatic carboxylic acids is 1. The van der Waals surface area contributed by atoms with Gasteiger partial charge in [-0.2, -0.15) is 0 Å². The molecule has 108 valence electrons. The van der Waals surface area contributed by atoms with Crippen LogP contribution in [-0.4, -0.2) is 64.8 Å². The zero-order valence-corrected chi connectivity index (χ0v) is 11.9. The van der Waals surface area contributed by atoms with Crippen molar-refractivity contribution in [3.05, 3.63) is 0 Å². The second-order valence-electron chi connectivity index (χ2n) is 6.42. The molecule has 2 fully saturated rings. The van der Waals surface area contributed by atoms with Crippen molar-refractivity contribution in [1.29, 1.82) is 0 Å². The number of hydrogen-bond acceptors (Lipinski definition) is 4. The molecule has 0 spiro atoms. The third kappa shape index (κ3) is 2.68. The molecule has 3 atom stereocenters. The van der Waals surface area contributed by atoms with E-state index >= 15 is 0 Å². The molecule has 0 bridgehead atoms. The average Bonchev–Trinajstić information content (AvgIpc) is 2.70. The van der Waals surface area contributed by atoms with E-state index in [0.29, 0.717) is 13.1 Å². The van der Waals surface area contributed by atoms with E-state index in [-0.39, 0.29) is 18.1 Å². The Morgan fingerprint density at radius 2 is 1.95 bits per heavy atom. The number of fused-ring (bicyclic) bond motifs is 1. The Morgan fingerprint density at radius 3 is 2.47 bits per heavy atom. The summed E-state index contributed by atoms with van der Waals surface area (Å²) in [6.07, 6.45) is 0.394. The largest absolute Gasteiger partial charge is 0.480 e. The van der Waals surface area contributed by atoms with E-state index in [1.807, 2.05) is 25.7 Å². The number of hydrogen-bond donors (Lipinski definition) is 1. The highest BCUT2D eigenvalue weighted by molar-refractivity contribution is 5.76. The molecule has 2 aliphatic heterocycles. The lowest BCUT2D eigenvalue weighted by molar-refractivity contribution is -0.143. The highest BCUT2D eigenvalue weighted by Gasteiger charge is 2.51. The molecule has 2 saturated heterocycles. The lowest BCUT2D eigenvalue weighted by Crippen LogP contribution is -2.42. The van der Waals surface area contributed by atoms with Crippen molar-refractivity contribution in [2.24, 2.45) is 5.92 Å². The summed E-state index contributed by atoms with van der Waals surface area (Å²) in [4.78, 5) is 26.9. The molecule has 0 radical (unpaired) electrons. The Hall–Kier alpha value is -1.30. The van der Waals surface area contributed by atoms with Crippen molar-refractivity contribution in [3.8, 4) is 0 Å². The second kappa shape index (κ2) is 4.67. The number of carbonyl (C=O) groups is 2. The van der Waals surface area contributed by atoms with E-state index in [1.165, 1.54) is 0 Å². The highest BCUT2D eigenvalue weighted by Crippen LogP contribution is 2.36. The fourth-order valence-corrected chi connectivity index (χ4v) is 3.13. The van der Waals surface area contributed by atoms with Gasteiger partial charge in [0.1, 0.15) is 11.6 Å². The molecular formula is C13H22N2O4. The molecule has 19 heavy (non-hydrogen) atoms. The maximum Gasteiger partial charge on any atom is 0.410 e. The van der Waals surface area contributed by atoms with Crippen LogP contribution in [-0.2, 0) is 9.53 Å². The SMILES string of the molecule is CN1CC2C(CCN2C(=O)OC(C)(C)C)C1C(=O)O. The number of ether oxygens (including phenoxy) is 1. The van der Waals surface area contributed by atoms with Crippen molar-refractivity contribution >= 4 is 12.1 Å². The van der Waals surface area contributed by atoms with Crippen LogP contribution in [0.15, 0.2) is 0 Å². The Kier molecular flexibility index (Phi) is 3.47. The lowest BCUT2D eigenvalue weighted by Gasteiger charge is -2.28. The number of amides is 1. The molecule has 3 unspecified atom stereocenters. The number of nitrogens with zero attached hydrogens (tertiary/aromatic N) is 2. The standard InChI is InChI=1S/C13H22N2O4/c1-13(2,3)19-12(18)15-6-5-8-9(15)7-14(4)10(8)11(16)17/h8-10H,5-7H2,1-4H3,(H,16,17). The number of carbonyl (C=O) groups excluding carboxylic acids is 1. The first-order valence-corrected chi connectivity index (χ1v) is 6.63. The summed E-state index contributed by atoms with van der Waals surface area (Å²) in [6, 6.07) is -0.529. The quantitative estimate of drug-likeness (QED) is 0.770. The Bertz CT molecular complexity index is 391. The minimum Gasteiger partial charge on any atom is -0.480 e. The minimum atomic E-state index is -0.805. The van der Waals surface area contributed by atoms with Gasteiger partial charge in [-0.05, 0) is 34.2 Å². The highest BCUT2D eigenvalue weighted by atomic mass is 16.6. The number of likely N-dealkylation sites (tertiary alicyclic amines) is 2. The summed E-state index contributed by atoms with van der Waals surface area (Å²) >= 11 is 0. The van der Waals surface area contributed by atoms with Crippen LogP contribution in [0.25, 0.3) is 0 Å². The topological polar surface area (TPSA) is 70.1 Å². The first-order chi connectivity index (χ1) is 8.70. The van der Waals surface area contributed by atoms with Crippen LogP contribution < -0.4 is 0 Å². The Labute approximate surface area is 113 Å². The van der Waals surface area contributed by atoms with Gasteiger partial charge >= 0.3 is 12.1 Å². The fourth-order valence-electron chi connectivity index (χ4n) is 3.13. The third-order valence-electron chi connectivity index (χ3n) is 3.83. The third-order valence-corrected chi connectivity index (χ3v) is 3.83. The van der Waals surface area contributed by atoms with E-state index < -0.39 is 17.6 Å². The summed E-state index contributed by atoms with van der Waals surface area (Å²) in [7, 11) is 1.80. The van der Waals surface area contributed by atoms with E-state index in [9.17, 15) is 14.7 Å². The van der Waals surface area contributed by atoms with Gasteiger partial charge in [0.05, 0.1) is 6.04 Å². The monoisotopic (exact) mass is 270 g/mol. The van der Waals surface area contributed by atoms with Crippen molar-refractivity contribution in [1.82, 2.24) is 9.80 Å². The number of likely N-dealkylation sites (N-methyl/N-ethyl adjacent to an activating group) is 1. The van der Waals surface area contributed by atoms with Crippen molar-refractivity contribution in [2.45, 2.75) is 44.9 Å². The maximum atomic E-state index is 12.1. The zero-order valence-electron chi connectivity index (χ0n) is 11.9. The molecule has 0 aromatic heterocycles. The number of carboxylic acid groups (broad SMARTS) is 1. The van der Waals surface area contributed by atoms with Gasteiger partial charge < -0.3 is 14.7 Å². The molecule has 0 aliphatic carbocycles. The maximum absolute atomic E-state index is 12.1. The van der Waals surface area contributed by atoms with Crippen molar-refractivity contribution in [2.75, 3.05) is 20.1 Å². The van der Waals surface area contributed by atoms with Gasteiger partial charge in [-0.1, -0.05) is 0 Å². The fraction of sp³-hybridized carbons (Fsp3) is 0.846.